The molecule has 2 fully saturated rings. The summed E-state index contributed by atoms with van der Waals surface area (Å²) in [4.78, 5) is 11.5. The maximum absolute atomic E-state index is 13.3. The molecule has 3 aromatic rings. The molecule has 39 heavy (non-hydrogen) atoms. The maximum atomic E-state index is 13.3. The minimum atomic E-state index is -4.49. The van der Waals surface area contributed by atoms with Crippen LogP contribution in [0.2, 0.25) is 5.02 Å². The number of sulfonamides is 1. The van der Waals surface area contributed by atoms with E-state index in [-0.39, 0.29) is 43.7 Å². The first kappa shape index (κ1) is 27.5. The minimum absolute atomic E-state index is 0.0346. The Morgan fingerprint density at radius 2 is 1.74 bits per heavy atom. The quantitative estimate of drug-likeness (QED) is 0.170. The first-order chi connectivity index (χ1) is 18.4. The predicted octanol–water partition coefficient (Wildman–Crippen LogP) is 5.36. The fourth-order valence-corrected chi connectivity index (χ4v) is 6.42. The number of aromatic nitrogens is 2. The van der Waals surface area contributed by atoms with Crippen LogP contribution in [0.4, 0.5) is 29.2 Å². The van der Waals surface area contributed by atoms with Crippen molar-refractivity contribution in [3.8, 4) is 0 Å². The molecule has 1 aromatic heterocycles. The Morgan fingerprint density at radius 1 is 1.08 bits per heavy atom. The third-order valence-electron chi connectivity index (χ3n) is 6.50. The number of nitrogens with zero attached hydrogens (tertiary/aromatic N) is 4. The Labute approximate surface area is 230 Å². The van der Waals surface area contributed by atoms with E-state index < -0.39 is 26.9 Å². The fourth-order valence-electron chi connectivity index (χ4n) is 4.55. The molecule has 2 heterocycles. The Balaban J connectivity index is 1.37. The van der Waals surface area contributed by atoms with Crippen molar-refractivity contribution >= 4 is 50.9 Å². The molecule has 2 aromatic carbocycles. The molecular weight excluding hydrogens is 580 g/mol. The third-order valence-corrected chi connectivity index (χ3v) is 8.94. The lowest BCUT2D eigenvalue weighted by Crippen LogP contribution is -2.57. The number of halogens is 5. The van der Waals surface area contributed by atoms with Crippen molar-refractivity contribution in [1.82, 2.24) is 14.9 Å². The van der Waals surface area contributed by atoms with Crippen molar-refractivity contribution in [3.05, 3.63) is 71.3 Å². The smallest absolute Gasteiger partial charge is 0.347 e. The van der Waals surface area contributed by atoms with Crippen molar-refractivity contribution in [3.63, 3.8) is 0 Å². The molecule has 0 unspecified atom stereocenters. The molecule has 1 saturated carbocycles. The standard InChI is InChI=1S/C24H21ClF4N6O2S2/c25-18-2-1-3-19(33-39(36,37)17-6-4-16(5-7-17)38-24(27,28)29)20(18)21(30)35-11-10-34(14-23(35)8-9-23)22-31-12-15(26)13-32-22/h1-7,12-13,30,33H,8-11,14H2. The van der Waals surface area contributed by atoms with Gasteiger partial charge in [0, 0.05) is 24.5 Å². The lowest BCUT2D eigenvalue weighted by Gasteiger charge is -2.43. The second-order valence-corrected chi connectivity index (χ2v) is 12.4. The highest BCUT2D eigenvalue weighted by atomic mass is 35.5. The van der Waals surface area contributed by atoms with Gasteiger partial charge in [-0.1, -0.05) is 17.7 Å². The van der Waals surface area contributed by atoms with Crippen molar-refractivity contribution in [1.29, 1.82) is 5.41 Å². The molecule has 0 atom stereocenters. The van der Waals surface area contributed by atoms with Gasteiger partial charge in [0.05, 0.1) is 39.1 Å². The summed E-state index contributed by atoms with van der Waals surface area (Å²) >= 11 is 6.13. The minimum Gasteiger partial charge on any atom is -0.347 e. The molecule has 206 valence electrons. The number of alkyl halides is 3. The Kier molecular flexibility index (Phi) is 7.14. The van der Waals surface area contributed by atoms with E-state index in [1.54, 1.807) is 6.07 Å². The summed E-state index contributed by atoms with van der Waals surface area (Å²) in [6.45, 7) is 1.34. The summed E-state index contributed by atoms with van der Waals surface area (Å²) in [6.07, 6.45) is 3.75. The average molecular weight is 601 g/mol. The first-order valence-electron chi connectivity index (χ1n) is 11.6. The molecule has 0 radical (unpaired) electrons. The fraction of sp³-hybridized carbons (Fsp3) is 0.292. The molecule has 15 heteroatoms. The summed E-state index contributed by atoms with van der Waals surface area (Å²) in [5.41, 5.74) is -4.65. The van der Waals surface area contributed by atoms with Gasteiger partial charge >= 0.3 is 5.51 Å². The molecule has 0 bridgehead atoms. The average Bonchev–Trinajstić information content (AvgIpc) is 3.62. The van der Waals surface area contributed by atoms with E-state index >= 15 is 0 Å². The van der Waals surface area contributed by atoms with Crippen LogP contribution in [-0.2, 0) is 10.0 Å². The van der Waals surface area contributed by atoms with Crippen LogP contribution in [0.1, 0.15) is 18.4 Å². The number of hydrogen-bond donors (Lipinski definition) is 2. The number of benzene rings is 2. The number of rotatable bonds is 6. The lowest BCUT2D eigenvalue weighted by molar-refractivity contribution is -0.0328. The summed E-state index contributed by atoms with van der Waals surface area (Å²) in [5.74, 6) is -0.114. The Bertz CT molecular complexity index is 1500. The monoisotopic (exact) mass is 600 g/mol. The molecule has 2 aliphatic rings. The van der Waals surface area contributed by atoms with Gasteiger partial charge in [-0.2, -0.15) is 13.2 Å². The van der Waals surface area contributed by atoms with E-state index in [4.69, 9.17) is 17.0 Å². The van der Waals surface area contributed by atoms with Crippen LogP contribution in [-0.4, -0.2) is 59.8 Å². The highest BCUT2D eigenvalue weighted by Gasteiger charge is 2.53. The molecule has 5 rings (SSSR count). The number of thioether (sulfide) groups is 1. The zero-order valence-corrected chi connectivity index (χ0v) is 22.4. The van der Waals surface area contributed by atoms with E-state index in [0.717, 1.165) is 49.5 Å². The summed E-state index contributed by atoms with van der Waals surface area (Å²) in [7, 11) is -4.21. The molecule has 1 spiro atoms. The van der Waals surface area contributed by atoms with Crippen molar-refractivity contribution < 1.29 is 26.0 Å². The van der Waals surface area contributed by atoms with Crippen LogP contribution in [0.5, 0.6) is 0 Å². The van der Waals surface area contributed by atoms with Gasteiger partial charge in [0.1, 0.15) is 5.84 Å². The zero-order chi connectivity index (χ0) is 28.0. The highest BCUT2D eigenvalue weighted by Crippen LogP contribution is 2.46. The van der Waals surface area contributed by atoms with E-state index in [2.05, 4.69) is 14.7 Å². The van der Waals surface area contributed by atoms with Crippen molar-refractivity contribution in [2.24, 2.45) is 0 Å². The normalized spacial score (nSPS) is 16.8. The van der Waals surface area contributed by atoms with Gasteiger partial charge in [0.25, 0.3) is 10.0 Å². The van der Waals surface area contributed by atoms with Gasteiger partial charge in [0.2, 0.25) is 5.95 Å². The van der Waals surface area contributed by atoms with Crippen molar-refractivity contribution in [2.75, 3.05) is 29.3 Å². The topological polar surface area (TPSA) is 102 Å². The van der Waals surface area contributed by atoms with E-state index in [0.29, 0.717) is 25.6 Å². The second-order valence-electron chi connectivity index (χ2n) is 9.13. The molecule has 1 aliphatic carbocycles. The van der Waals surface area contributed by atoms with Gasteiger partial charge < -0.3 is 9.80 Å². The summed E-state index contributed by atoms with van der Waals surface area (Å²) in [6, 6.07) is 8.89. The lowest BCUT2D eigenvalue weighted by atomic mass is 10.1. The van der Waals surface area contributed by atoms with Crippen LogP contribution in [0.15, 0.2) is 64.6 Å². The van der Waals surface area contributed by atoms with Gasteiger partial charge in [-0.05, 0) is 61.0 Å². The third kappa shape index (κ3) is 5.92. The second kappa shape index (κ2) is 10.1. The SMILES string of the molecule is N=C(c1c(Cl)cccc1NS(=O)(=O)c1ccc(SC(F)(F)F)cc1)N1CCN(c2ncc(F)cn2)CC12CC2. The van der Waals surface area contributed by atoms with Gasteiger partial charge in [0.15, 0.2) is 5.82 Å². The van der Waals surface area contributed by atoms with Crippen molar-refractivity contribution in [2.45, 2.75) is 33.7 Å². The van der Waals surface area contributed by atoms with E-state index in [1.165, 1.54) is 12.1 Å². The number of hydrogen-bond acceptors (Lipinski definition) is 7. The van der Waals surface area contributed by atoms with Gasteiger partial charge in [-0.25, -0.2) is 22.8 Å². The molecule has 1 aliphatic heterocycles. The molecule has 8 nitrogen and oxygen atoms in total. The largest absolute Gasteiger partial charge is 0.446 e. The Morgan fingerprint density at radius 3 is 2.36 bits per heavy atom. The Hall–Kier alpha value is -3.10. The van der Waals surface area contributed by atoms with Crippen LogP contribution >= 0.6 is 23.4 Å². The first-order valence-corrected chi connectivity index (χ1v) is 14.3. The summed E-state index contributed by atoms with van der Waals surface area (Å²) in [5, 5.41) is 9.19. The van der Waals surface area contributed by atoms with Gasteiger partial charge in [-0.3, -0.25) is 10.1 Å². The molecule has 0 amide bonds. The van der Waals surface area contributed by atoms with E-state index in [9.17, 15) is 26.0 Å². The number of piperazine rings is 1. The van der Waals surface area contributed by atoms with Crippen LogP contribution in [0.25, 0.3) is 0 Å². The molecular formula is C24H21ClF4N6O2S2. The highest BCUT2D eigenvalue weighted by molar-refractivity contribution is 8.00. The predicted molar refractivity (Wildman–Crippen MR) is 140 cm³/mol. The molecule has 1 saturated heterocycles. The number of amidine groups is 1. The van der Waals surface area contributed by atoms with Crippen LogP contribution < -0.4 is 9.62 Å². The number of anilines is 2. The molecule has 2 N–H and O–H groups in total. The van der Waals surface area contributed by atoms with Crippen LogP contribution in [0.3, 0.4) is 0 Å². The maximum Gasteiger partial charge on any atom is 0.446 e. The zero-order valence-electron chi connectivity index (χ0n) is 20.0. The van der Waals surface area contributed by atoms with E-state index in [1.807, 2.05) is 9.80 Å². The summed E-state index contributed by atoms with van der Waals surface area (Å²) < 4.78 is 79.8. The van der Waals surface area contributed by atoms with Gasteiger partial charge in [-0.15, -0.1) is 0 Å². The van der Waals surface area contributed by atoms with Crippen LogP contribution in [0, 0.1) is 11.2 Å². The number of nitrogens with one attached hydrogen (secondary N) is 2.